The third-order valence-electron chi connectivity index (χ3n) is 9.48. The first-order chi connectivity index (χ1) is 30.9. The average Bonchev–Trinajstić information content (AvgIpc) is 3.31. The molecule has 0 aliphatic rings. The van der Waals surface area contributed by atoms with Crippen molar-refractivity contribution < 1.29 is 57.1 Å². The van der Waals surface area contributed by atoms with E-state index in [0.29, 0.717) is 11.5 Å². The number of hydrogen-bond acceptors (Lipinski definition) is 15. The van der Waals surface area contributed by atoms with E-state index in [1.54, 1.807) is 38.5 Å². The summed E-state index contributed by atoms with van der Waals surface area (Å²) in [6.45, 7) is -1.15. The van der Waals surface area contributed by atoms with Crippen molar-refractivity contribution in [2.24, 2.45) is 0 Å². The minimum absolute atomic E-state index is 0.204. The number of ether oxygens (including phenoxy) is 8. The van der Waals surface area contributed by atoms with Gasteiger partial charge in [-0.05, 0) is 82.9 Å². The van der Waals surface area contributed by atoms with Crippen molar-refractivity contribution in [2.45, 2.75) is 26.2 Å². The fourth-order valence-electron chi connectivity index (χ4n) is 5.95. The largest absolute Gasteiger partial charge is 0.497 e. The maximum Gasteiger partial charge on any atom is 0.412 e. The first-order valence-corrected chi connectivity index (χ1v) is 20.0. The van der Waals surface area contributed by atoms with Crippen molar-refractivity contribution in [2.75, 3.05) is 79.4 Å². The summed E-state index contributed by atoms with van der Waals surface area (Å²) in [5, 5.41) is 0. The molecule has 0 unspecified atom stereocenters. The molecular formula is C47H53N5O12. The summed E-state index contributed by atoms with van der Waals surface area (Å²) in [6, 6.07) is 34.3. The SMILES string of the molecule is COc1ccc(CN(Cc2ccc(N(C)C)cc2)C(=O)OCOCOC(=O)c2cccc(C(=O)OCOCOC(=O)N(Cc3ccc(OC)cc3)Cc3ccc(N(C)C)cc3)n2)cc1. The summed E-state index contributed by atoms with van der Waals surface area (Å²) in [5.41, 5.74) is 5.11. The van der Waals surface area contributed by atoms with Crippen molar-refractivity contribution in [3.05, 3.63) is 149 Å². The third-order valence-corrected chi connectivity index (χ3v) is 9.48. The van der Waals surface area contributed by atoms with Crippen LogP contribution in [0.25, 0.3) is 0 Å². The first kappa shape index (κ1) is 47.7. The highest BCUT2D eigenvalue weighted by Crippen LogP contribution is 2.20. The second kappa shape index (κ2) is 24.3. The van der Waals surface area contributed by atoms with Gasteiger partial charge in [0.05, 0.1) is 14.2 Å². The fraction of sp³-hybridized carbons (Fsp3) is 0.298. The van der Waals surface area contributed by atoms with E-state index in [9.17, 15) is 19.2 Å². The van der Waals surface area contributed by atoms with Crippen molar-refractivity contribution >= 4 is 35.5 Å². The van der Waals surface area contributed by atoms with E-state index in [4.69, 9.17) is 37.9 Å². The van der Waals surface area contributed by atoms with Crippen molar-refractivity contribution in [3.63, 3.8) is 0 Å². The quantitative estimate of drug-likeness (QED) is 0.0299. The molecule has 0 saturated heterocycles. The summed E-state index contributed by atoms with van der Waals surface area (Å²) in [7, 11) is 10.9. The van der Waals surface area contributed by atoms with Crippen LogP contribution in [0.15, 0.2) is 115 Å². The summed E-state index contributed by atoms with van der Waals surface area (Å²) < 4.78 is 42.0. The molecule has 5 aromatic rings. The minimum Gasteiger partial charge on any atom is -0.497 e. The van der Waals surface area contributed by atoms with Gasteiger partial charge in [0.1, 0.15) is 22.9 Å². The van der Waals surface area contributed by atoms with E-state index in [0.717, 1.165) is 33.6 Å². The van der Waals surface area contributed by atoms with Crippen LogP contribution in [0.4, 0.5) is 21.0 Å². The zero-order chi connectivity index (χ0) is 45.8. The molecule has 1 heterocycles. The Morgan fingerprint density at radius 2 is 0.750 bits per heavy atom. The Kier molecular flexibility index (Phi) is 18.1. The molecule has 0 N–H and O–H groups in total. The number of amides is 2. The summed E-state index contributed by atoms with van der Waals surface area (Å²) in [5.74, 6) is -0.432. The smallest absolute Gasteiger partial charge is 0.412 e. The Bertz CT molecular complexity index is 2100. The van der Waals surface area contributed by atoms with E-state index in [1.807, 2.05) is 111 Å². The number of aromatic nitrogens is 1. The number of pyridine rings is 1. The Labute approximate surface area is 372 Å². The molecule has 0 atom stereocenters. The topological polar surface area (TPSA) is 168 Å². The lowest BCUT2D eigenvalue weighted by molar-refractivity contribution is -0.0951. The number of carbonyl (C=O) groups is 4. The lowest BCUT2D eigenvalue weighted by Gasteiger charge is -2.23. The Morgan fingerprint density at radius 3 is 1.06 bits per heavy atom. The number of rotatable bonds is 22. The normalized spacial score (nSPS) is 10.6. The predicted octanol–water partition coefficient (Wildman–Crippen LogP) is 7.09. The minimum atomic E-state index is -0.903. The van der Waals surface area contributed by atoms with Crippen LogP contribution in [0.2, 0.25) is 0 Å². The van der Waals surface area contributed by atoms with Gasteiger partial charge in [-0.15, -0.1) is 0 Å². The molecule has 338 valence electrons. The van der Waals surface area contributed by atoms with Crippen molar-refractivity contribution in [1.29, 1.82) is 0 Å². The zero-order valence-electron chi connectivity index (χ0n) is 36.8. The van der Waals surface area contributed by atoms with Gasteiger partial charge < -0.3 is 47.7 Å². The maximum atomic E-state index is 13.2. The lowest BCUT2D eigenvalue weighted by Crippen LogP contribution is -2.31. The van der Waals surface area contributed by atoms with Crippen molar-refractivity contribution in [3.8, 4) is 11.5 Å². The van der Waals surface area contributed by atoms with Gasteiger partial charge in [0.15, 0.2) is 27.2 Å². The van der Waals surface area contributed by atoms with Crippen LogP contribution in [0, 0.1) is 0 Å². The zero-order valence-corrected chi connectivity index (χ0v) is 36.8. The molecule has 5 rings (SSSR count). The lowest BCUT2D eigenvalue weighted by atomic mass is 10.1. The van der Waals surface area contributed by atoms with Gasteiger partial charge in [0.2, 0.25) is 0 Å². The molecule has 1 aromatic heterocycles. The molecule has 0 spiro atoms. The Balaban J connectivity index is 1.05. The molecule has 0 radical (unpaired) electrons. The van der Waals surface area contributed by atoms with Crippen LogP contribution >= 0.6 is 0 Å². The van der Waals surface area contributed by atoms with Gasteiger partial charge in [-0.25, -0.2) is 24.2 Å². The van der Waals surface area contributed by atoms with Gasteiger partial charge in [-0.1, -0.05) is 54.6 Å². The highest BCUT2D eigenvalue weighted by atomic mass is 16.8. The van der Waals surface area contributed by atoms with Crippen molar-refractivity contribution in [1.82, 2.24) is 14.8 Å². The molecule has 4 aromatic carbocycles. The maximum absolute atomic E-state index is 13.2. The number of nitrogens with zero attached hydrogens (tertiary/aromatic N) is 5. The molecule has 2 amide bonds. The summed E-state index contributed by atoms with van der Waals surface area (Å²) >= 11 is 0. The molecule has 0 aliphatic carbocycles. The molecule has 17 heteroatoms. The molecule has 0 saturated carbocycles. The van der Waals surface area contributed by atoms with E-state index in [1.165, 1.54) is 28.0 Å². The number of anilines is 2. The monoisotopic (exact) mass is 879 g/mol. The second-order valence-electron chi connectivity index (χ2n) is 14.5. The predicted molar refractivity (Wildman–Crippen MR) is 236 cm³/mol. The second-order valence-corrected chi connectivity index (χ2v) is 14.5. The fourth-order valence-corrected chi connectivity index (χ4v) is 5.95. The first-order valence-electron chi connectivity index (χ1n) is 20.0. The molecule has 0 fully saturated rings. The van der Waals surface area contributed by atoms with Crippen LogP contribution in [0.3, 0.4) is 0 Å². The van der Waals surface area contributed by atoms with Gasteiger partial charge in [-0.2, -0.15) is 0 Å². The van der Waals surface area contributed by atoms with Gasteiger partial charge in [0.25, 0.3) is 0 Å². The standard InChI is InChI=1S/C47H53N5O12/c1-49(2)38-18-10-34(11-19-38)26-51(28-36-14-22-40(57-5)23-15-36)46(55)63-32-59-30-61-44(53)42-8-7-9-43(48-42)45(54)62-31-60-33-64-47(56)52(29-37-16-24-41(58-6)25-17-37)27-35-12-20-39(21-13-35)50(3)4/h7-25H,26-33H2,1-6H3. The van der Waals surface area contributed by atoms with Crippen LogP contribution in [-0.4, -0.2) is 108 Å². The van der Waals surface area contributed by atoms with E-state index in [-0.39, 0.29) is 37.6 Å². The summed E-state index contributed by atoms with van der Waals surface area (Å²) in [4.78, 5) is 62.9. The number of esters is 2. The number of methoxy groups -OCH3 is 2. The molecular weight excluding hydrogens is 827 g/mol. The molecule has 0 aliphatic heterocycles. The number of benzene rings is 4. The Morgan fingerprint density at radius 1 is 0.438 bits per heavy atom. The molecule has 17 nitrogen and oxygen atoms in total. The van der Waals surface area contributed by atoms with Crippen LogP contribution in [0.1, 0.15) is 43.2 Å². The molecule has 0 bridgehead atoms. The number of carbonyl (C=O) groups excluding carboxylic acids is 4. The van der Waals surface area contributed by atoms with Gasteiger partial charge in [0, 0.05) is 65.7 Å². The van der Waals surface area contributed by atoms with Gasteiger partial charge in [-0.3, -0.25) is 9.80 Å². The highest BCUT2D eigenvalue weighted by Gasteiger charge is 2.20. The van der Waals surface area contributed by atoms with Crippen LogP contribution in [0.5, 0.6) is 11.5 Å². The van der Waals surface area contributed by atoms with Crippen LogP contribution in [-0.2, 0) is 54.6 Å². The third kappa shape index (κ3) is 14.9. The Hall–Kier alpha value is -7.37. The summed E-state index contributed by atoms with van der Waals surface area (Å²) in [6.07, 6.45) is -1.30. The molecule has 64 heavy (non-hydrogen) atoms. The van der Waals surface area contributed by atoms with E-state index >= 15 is 0 Å². The highest BCUT2D eigenvalue weighted by molar-refractivity contribution is 5.91. The average molecular weight is 880 g/mol. The van der Waals surface area contributed by atoms with Gasteiger partial charge >= 0.3 is 24.1 Å². The van der Waals surface area contributed by atoms with E-state index < -0.39 is 51.3 Å². The van der Waals surface area contributed by atoms with Crippen LogP contribution < -0.4 is 19.3 Å². The number of hydrogen-bond donors (Lipinski definition) is 0. The van der Waals surface area contributed by atoms with E-state index in [2.05, 4.69) is 4.98 Å².